The average molecular weight is 286 g/mol. The van der Waals surface area contributed by atoms with Crippen molar-refractivity contribution in [2.75, 3.05) is 19.6 Å². The van der Waals surface area contributed by atoms with Gasteiger partial charge in [-0.1, -0.05) is 43.5 Å². The predicted octanol–water partition coefficient (Wildman–Crippen LogP) is 3.73. The van der Waals surface area contributed by atoms with Gasteiger partial charge in [-0.2, -0.15) is 0 Å². The summed E-state index contributed by atoms with van der Waals surface area (Å²) in [4.78, 5) is 2.65. The first-order chi connectivity index (χ1) is 10.3. The van der Waals surface area contributed by atoms with Crippen LogP contribution in [0, 0.1) is 5.41 Å². The average Bonchev–Trinajstić information content (AvgIpc) is 2.53. The molecule has 2 fully saturated rings. The van der Waals surface area contributed by atoms with Gasteiger partial charge in [0.05, 0.1) is 0 Å². The summed E-state index contributed by atoms with van der Waals surface area (Å²) in [6.07, 6.45) is 11.3. The topological polar surface area (TPSA) is 29.3 Å². The van der Waals surface area contributed by atoms with E-state index in [9.17, 15) is 0 Å². The molecule has 0 atom stereocenters. The molecular weight excluding hydrogens is 256 g/mol. The summed E-state index contributed by atoms with van der Waals surface area (Å²) in [5.41, 5.74) is 9.15. The minimum absolute atomic E-state index is 0.722. The van der Waals surface area contributed by atoms with Gasteiger partial charge in [-0.15, -0.1) is 0 Å². The quantitative estimate of drug-likeness (QED) is 0.913. The van der Waals surface area contributed by atoms with Crippen LogP contribution in [-0.2, 0) is 13.0 Å². The van der Waals surface area contributed by atoms with E-state index in [4.69, 9.17) is 5.73 Å². The fourth-order valence-electron chi connectivity index (χ4n) is 4.22. The Balaban J connectivity index is 1.50. The summed E-state index contributed by atoms with van der Waals surface area (Å²) >= 11 is 0. The van der Waals surface area contributed by atoms with Crippen LogP contribution in [0.5, 0.6) is 0 Å². The lowest BCUT2D eigenvalue weighted by Gasteiger charge is -2.44. The van der Waals surface area contributed by atoms with Gasteiger partial charge in [0.25, 0.3) is 0 Å². The second-order valence-corrected chi connectivity index (χ2v) is 7.19. The number of benzene rings is 1. The van der Waals surface area contributed by atoms with E-state index in [-0.39, 0.29) is 0 Å². The Morgan fingerprint density at radius 3 is 2.10 bits per heavy atom. The molecule has 21 heavy (non-hydrogen) atoms. The van der Waals surface area contributed by atoms with E-state index in [1.165, 1.54) is 69.2 Å². The maximum Gasteiger partial charge on any atom is 0.0233 e. The second kappa shape index (κ2) is 6.93. The lowest BCUT2D eigenvalue weighted by molar-refractivity contribution is 0.0641. The number of hydrogen-bond donors (Lipinski definition) is 1. The highest BCUT2D eigenvalue weighted by molar-refractivity contribution is 5.22. The molecule has 1 heterocycles. The molecule has 116 valence electrons. The van der Waals surface area contributed by atoms with Gasteiger partial charge in [0, 0.05) is 6.54 Å². The molecule has 2 aliphatic rings. The molecule has 0 bridgehead atoms. The highest BCUT2D eigenvalue weighted by Gasteiger charge is 2.35. The van der Waals surface area contributed by atoms with E-state index < -0.39 is 0 Å². The van der Waals surface area contributed by atoms with Gasteiger partial charge in [-0.05, 0) is 68.3 Å². The van der Waals surface area contributed by atoms with Crippen LogP contribution in [-0.4, -0.2) is 24.5 Å². The van der Waals surface area contributed by atoms with Crippen LogP contribution in [0.2, 0.25) is 0 Å². The van der Waals surface area contributed by atoms with E-state index in [1.807, 2.05) is 0 Å². The molecular formula is C19H30N2. The number of nitrogens with two attached hydrogens (primary N) is 1. The molecule has 0 amide bonds. The van der Waals surface area contributed by atoms with Crippen molar-refractivity contribution < 1.29 is 0 Å². The van der Waals surface area contributed by atoms with Crippen molar-refractivity contribution in [3.8, 4) is 0 Å². The maximum absolute atomic E-state index is 5.61. The number of hydrogen-bond acceptors (Lipinski definition) is 2. The van der Waals surface area contributed by atoms with Gasteiger partial charge in [-0.3, -0.25) is 4.90 Å². The number of rotatable bonds is 4. The summed E-state index contributed by atoms with van der Waals surface area (Å²) in [5.74, 6) is 0. The van der Waals surface area contributed by atoms with Crippen LogP contribution in [0.15, 0.2) is 24.3 Å². The van der Waals surface area contributed by atoms with E-state index in [2.05, 4.69) is 29.2 Å². The molecule has 0 unspecified atom stereocenters. The molecule has 1 aromatic carbocycles. The molecule has 1 saturated carbocycles. The highest BCUT2D eigenvalue weighted by atomic mass is 15.1. The molecule has 3 rings (SSSR count). The van der Waals surface area contributed by atoms with E-state index in [0.717, 1.165) is 24.9 Å². The van der Waals surface area contributed by atoms with Crippen LogP contribution in [0.1, 0.15) is 56.1 Å². The molecule has 0 aromatic heterocycles. The van der Waals surface area contributed by atoms with E-state index >= 15 is 0 Å². The third-order valence-corrected chi connectivity index (χ3v) is 5.69. The molecule has 2 N–H and O–H groups in total. The monoisotopic (exact) mass is 286 g/mol. The summed E-state index contributed by atoms with van der Waals surface area (Å²) < 4.78 is 0. The first-order valence-corrected chi connectivity index (χ1v) is 8.80. The van der Waals surface area contributed by atoms with Crippen LogP contribution in [0.3, 0.4) is 0 Å². The molecule has 0 radical (unpaired) electrons. The minimum Gasteiger partial charge on any atom is -0.330 e. The Kier molecular flexibility index (Phi) is 4.97. The number of likely N-dealkylation sites (tertiary alicyclic amines) is 1. The smallest absolute Gasteiger partial charge is 0.0233 e. The summed E-state index contributed by atoms with van der Waals surface area (Å²) in [6, 6.07) is 9.06. The van der Waals surface area contributed by atoms with Crippen molar-refractivity contribution in [2.45, 2.75) is 57.9 Å². The molecule has 1 spiro atoms. The van der Waals surface area contributed by atoms with Gasteiger partial charge in [-0.25, -0.2) is 0 Å². The van der Waals surface area contributed by atoms with Crippen LogP contribution in [0.25, 0.3) is 0 Å². The SMILES string of the molecule is NCCc1ccc(CN2CCC3(CCCCC3)CC2)cc1. The van der Waals surface area contributed by atoms with Gasteiger partial charge in [0.2, 0.25) is 0 Å². The molecule has 1 aliphatic carbocycles. The molecule has 1 aromatic rings. The van der Waals surface area contributed by atoms with Crippen molar-refractivity contribution >= 4 is 0 Å². The summed E-state index contributed by atoms with van der Waals surface area (Å²) in [5, 5.41) is 0. The van der Waals surface area contributed by atoms with E-state index in [0.29, 0.717) is 0 Å². The zero-order chi connectivity index (χ0) is 14.5. The Morgan fingerprint density at radius 1 is 0.857 bits per heavy atom. The van der Waals surface area contributed by atoms with Gasteiger partial charge in [0.1, 0.15) is 0 Å². The molecule has 2 nitrogen and oxygen atoms in total. The summed E-state index contributed by atoms with van der Waals surface area (Å²) in [7, 11) is 0. The Morgan fingerprint density at radius 2 is 1.48 bits per heavy atom. The first kappa shape index (κ1) is 15.1. The zero-order valence-electron chi connectivity index (χ0n) is 13.3. The Hall–Kier alpha value is -0.860. The van der Waals surface area contributed by atoms with Gasteiger partial charge < -0.3 is 5.73 Å². The molecule has 2 heteroatoms. The summed E-state index contributed by atoms with van der Waals surface area (Å²) in [6.45, 7) is 4.46. The van der Waals surface area contributed by atoms with Crippen molar-refractivity contribution in [3.63, 3.8) is 0 Å². The fourth-order valence-corrected chi connectivity index (χ4v) is 4.22. The molecule has 1 aliphatic heterocycles. The standard InChI is InChI=1S/C19H30N2/c20-13-8-17-4-6-18(7-5-17)16-21-14-11-19(12-15-21)9-2-1-3-10-19/h4-7H,1-3,8-16,20H2. The lowest BCUT2D eigenvalue weighted by atomic mass is 9.68. The largest absolute Gasteiger partial charge is 0.330 e. The zero-order valence-corrected chi connectivity index (χ0v) is 13.3. The predicted molar refractivity (Wildman–Crippen MR) is 89.2 cm³/mol. The van der Waals surface area contributed by atoms with Crippen molar-refractivity contribution in [1.82, 2.24) is 4.90 Å². The Labute approximate surface area is 129 Å². The number of piperidine rings is 1. The van der Waals surface area contributed by atoms with E-state index in [1.54, 1.807) is 0 Å². The van der Waals surface area contributed by atoms with Crippen LogP contribution < -0.4 is 5.73 Å². The van der Waals surface area contributed by atoms with Crippen LogP contribution in [0.4, 0.5) is 0 Å². The second-order valence-electron chi connectivity index (χ2n) is 7.19. The van der Waals surface area contributed by atoms with Crippen LogP contribution >= 0.6 is 0 Å². The van der Waals surface area contributed by atoms with Crippen molar-refractivity contribution in [3.05, 3.63) is 35.4 Å². The highest BCUT2D eigenvalue weighted by Crippen LogP contribution is 2.44. The van der Waals surface area contributed by atoms with Gasteiger partial charge in [0.15, 0.2) is 0 Å². The normalized spacial score (nSPS) is 22.5. The lowest BCUT2D eigenvalue weighted by Crippen LogP contribution is -2.40. The third kappa shape index (κ3) is 3.87. The molecule has 1 saturated heterocycles. The van der Waals surface area contributed by atoms with Crippen molar-refractivity contribution in [2.24, 2.45) is 11.1 Å². The maximum atomic E-state index is 5.61. The Bertz CT molecular complexity index is 421. The number of nitrogens with zero attached hydrogens (tertiary/aromatic N) is 1. The van der Waals surface area contributed by atoms with Crippen molar-refractivity contribution in [1.29, 1.82) is 0 Å². The third-order valence-electron chi connectivity index (χ3n) is 5.69. The minimum atomic E-state index is 0.722. The fraction of sp³-hybridized carbons (Fsp3) is 0.684. The van der Waals surface area contributed by atoms with Gasteiger partial charge >= 0.3 is 0 Å². The first-order valence-electron chi connectivity index (χ1n) is 8.80.